The molecule has 1 heterocycles. The summed E-state index contributed by atoms with van der Waals surface area (Å²) in [6.07, 6.45) is 5.68. The monoisotopic (exact) mass is 857 g/mol. The van der Waals surface area contributed by atoms with Crippen LogP contribution in [0.4, 0.5) is 31.5 Å². The lowest BCUT2D eigenvalue weighted by Crippen LogP contribution is -2.23. The Morgan fingerprint density at radius 2 is 1.14 bits per heavy atom. The van der Waals surface area contributed by atoms with Gasteiger partial charge in [-0.1, -0.05) is 12.5 Å². The van der Waals surface area contributed by atoms with Crippen molar-refractivity contribution in [2.24, 2.45) is 49.4 Å². The first-order chi connectivity index (χ1) is 28.3. The van der Waals surface area contributed by atoms with Crippen molar-refractivity contribution >= 4 is 88.0 Å². The summed E-state index contributed by atoms with van der Waals surface area (Å²) in [5.74, 6) is -2.98. The average Bonchev–Trinajstić information content (AvgIpc) is 3.40. The van der Waals surface area contributed by atoms with Crippen LogP contribution in [-0.4, -0.2) is 79.4 Å². The standard InChI is InChI=1S/C38H53F2N13O4S2/c1-2-22-9-14-47-30(36(57)53-29-20-24(40)18-27(34(29)59-16-11-42)51-32(55)8-4-6-13-49-38(45)46)21-25(22)35(56)52-28-19-23(39)17-26(33(28)58-15-10-41)50-31(54)7-3-5-12-48-37(43)44/h14,17-21H,2-13,15-16,41-42H2,1H3,(H,50,54)(H,51,55)(H,52,56)(H,53,57)(H4,43,44,48)(H4,45,46,49). The number of carbonyl (C=O) groups excluding carboxylic acids is 4. The number of guanidine groups is 2. The quantitative estimate of drug-likeness (QED) is 0.0333. The fourth-order valence-electron chi connectivity index (χ4n) is 5.53. The topological polar surface area (TPSA) is 310 Å². The lowest BCUT2D eigenvalue weighted by molar-refractivity contribution is -0.117. The maximum Gasteiger partial charge on any atom is 0.274 e. The molecule has 0 spiro atoms. The second-order valence-electron chi connectivity index (χ2n) is 12.9. The molecule has 16 N–H and O–H groups in total. The largest absolute Gasteiger partial charge is 0.370 e. The van der Waals surface area contributed by atoms with Crippen molar-refractivity contribution in [3.05, 3.63) is 58.8 Å². The first-order valence-corrected chi connectivity index (χ1v) is 20.9. The van der Waals surface area contributed by atoms with Gasteiger partial charge in [-0.2, -0.15) is 0 Å². The summed E-state index contributed by atoms with van der Waals surface area (Å²) in [7, 11) is 0. The van der Waals surface area contributed by atoms with Crippen LogP contribution in [0.25, 0.3) is 0 Å². The van der Waals surface area contributed by atoms with E-state index in [1.165, 1.54) is 35.8 Å². The molecule has 1 aliphatic heterocycles. The van der Waals surface area contributed by atoms with Gasteiger partial charge in [0.05, 0.1) is 32.5 Å². The molecule has 0 saturated heterocycles. The number of aliphatic imine (C=N–C) groups is 3. The molecule has 17 nitrogen and oxygen atoms in total. The van der Waals surface area contributed by atoms with Gasteiger partial charge in [0.15, 0.2) is 11.9 Å². The number of unbranched alkanes of at least 4 members (excludes halogenated alkanes) is 2. The maximum atomic E-state index is 15.1. The molecule has 1 aliphatic rings. The van der Waals surface area contributed by atoms with Gasteiger partial charge in [-0.15, -0.1) is 23.5 Å². The van der Waals surface area contributed by atoms with Gasteiger partial charge in [-0.25, -0.2) is 8.78 Å². The Morgan fingerprint density at radius 3 is 1.56 bits per heavy atom. The number of anilines is 4. The Bertz CT molecular complexity index is 1980. The van der Waals surface area contributed by atoms with E-state index in [1.54, 1.807) is 0 Å². The number of nitrogens with two attached hydrogens (primary N) is 6. The van der Waals surface area contributed by atoms with Crippen LogP contribution in [0.2, 0.25) is 0 Å². The molecule has 2 aromatic carbocycles. The van der Waals surface area contributed by atoms with Gasteiger partial charge in [0.25, 0.3) is 11.8 Å². The Balaban J connectivity index is 1.89. The number of nitrogens with one attached hydrogen (secondary N) is 4. The van der Waals surface area contributed by atoms with E-state index in [-0.39, 0.29) is 90.1 Å². The zero-order chi connectivity index (χ0) is 43.3. The molecule has 0 saturated carbocycles. The SMILES string of the molecule is CCC1=C(C(=O)Nc2cc(F)cc(NC(=O)CCCCN=C(N)N)c2SCCN)C=C(C(=O)Nc2cc(F)cc(NC(=O)CCCCN=C(N)N)c2SCCN)N=CC1. The van der Waals surface area contributed by atoms with Gasteiger partial charge in [0, 0.05) is 68.7 Å². The molecular weight excluding hydrogens is 805 g/mol. The third-order valence-corrected chi connectivity index (χ3v) is 10.6. The minimum absolute atomic E-state index is 0.0446. The normalized spacial score (nSPS) is 12.3. The summed E-state index contributed by atoms with van der Waals surface area (Å²) in [6, 6.07) is 4.54. The van der Waals surface area contributed by atoms with Gasteiger partial charge in [0.1, 0.15) is 17.3 Å². The van der Waals surface area contributed by atoms with Gasteiger partial charge in [-0.3, -0.25) is 34.2 Å². The Labute approximate surface area is 350 Å². The summed E-state index contributed by atoms with van der Waals surface area (Å²) in [5, 5.41) is 10.9. The molecule has 4 amide bonds. The number of carbonyl (C=O) groups is 4. The van der Waals surface area contributed by atoms with Gasteiger partial charge in [0.2, 0.25) is 11.8 Å². The highest BCUT2D eigenvalue weighted by molar-refractivity contribution is 7.99. The third kappa shape index (κ3) is 16.3. The van der Waals surface area contributed by atoms with Crippen LogP contribution in [0.15, 0.2) is 72.0 Å². The average molecular weight is 858 g/mol. The molecule has 0 unspecified atom stereocenters. The molecule has 0 atom stereocenters. The highest BCUT2D eigenvalue weighted by Crippen LogP contribution is 2.38. The van der Waals surface area contributed by atoms with E-state index in [1.807, 2.05) is 6.92 Å². The van der Waals surface area contributed by atoms with Crippen molar-refractivity contribution in [3.8, 4) is 0 Å². The van der Waals surface area contributed by atoms with E-state index in [9.17, 15) is 19.2 Å². The molecule has 0 radical (unpaired) electrons. The molecule has 59 heavy (non-hydrogen) atoms. The van der Waals surface area contributed by atoms with Crippen molar-refractivity contribution in [1.82, 2.24) is 0 Å². The first-order valence-electron chi connectivity index (χ1n) is 18.9. The van der Waals surface area contributed by atoms with Crippen molar-refractivity contribution < 1.29 is 28.0 Å². The van der Waals surface area contributed by atoms with Gasteiger partial charge < -0.3 is 55.7 Å². The van der Waals surface area contributed by atoms with E-state index in [2.05, 4.69) is 36.2 Å². The molecule has 0 aliphatic carbocycles. The lowest BCUT2D eigenvalue weighted by atomic mass is 10.0. The van der Waals surface area contributed by atoms with Crippen LogP contribution in [0.3, 0.4) is 0 Å². The van der Waals surface area contributed by atoms with Crippen molar-refractivity contribution in [3.63, 3.8) is 0 Å². The zero-order valence-electron chi connectivity index (χ0n) is 32.9. The van der Waals surface area contributed by atoms with E-state index < -0.39 is 23.4 Å². The molecule has 2 aromatic rings. The molecule has 320 valence electrons. The van der Waals surface area contributed by atoms with E-state index in [0.717, 1.165) is 24.3 Å². The highest BCUT2D eigenvalue weighted by Gasteiger charge is 2.23. The molecule has 0 aromatic heterocycles. The number of thioether (sulfide) groups is 2. The second-order valence-corrected chi connectivity index (χ2v) is 15.1. The lowest BCUT2D eigenvalue weighted by Gasteiger charge is -2.18. The van der Waals surface area contributed by atoms with E-state index in [0.29, 0.717) is 72.1 Å². The number of halogens is 2. The van der Waals surface area contributed by atoms with Crippen LogP contribution >= 0.6 is 23.5 Å². The number of hydrogen-bond donors (Lipinski definition) is 10. The molecule has 0 fully saturated rings. The fraction of sp³-hybridized carbons (Fsp3) is 0.395. The van der Waals surface area contributed by atoms with Crippen molar-refractivity contribution in [2.75, 3.05) is 59.0 Å². The second kappa shape index (κ2) is 25.1. The Hall–Kier alpha value is -5.51. The van der Waals surface area contributed by atoms with Crippen LogP contribution in [-0.2, 0) is 19.2 Å². The summed E-state index contributed by atoms with van der Waals surface area (Å²) in [4.78, 5) is 66.4. The predicted molar refractivity (Wildman–Crippen MR) is 234 cm³/mol. The van der Waals surface area contributed by atoms with Crippen LogP contribution in [0.5, 0.6) is 0 Å². The van der Waals surface area contributed by atoms with Gasteiger partial charge in [-0.05, 0) is 62.4 Å². The summed E-state index contributed by atoms with van der Waals surface area (Å²) in [5.41, 5.74) is 33.9. The molecule has 0 bridgehead atoms. The van der Waals surface area contributed by atoms with Crippen LogP contribution in [0.1, 0.15) is 58.3 Å². The summed E-state index contributed by atoms with van der Waals surface area (Å²) < 4.78 is 30.1. The minimum atomic E-state index is -0.769. The zero-order valence-corrected chi connectivity index (χ0v) is 34.5. The number of allylic oxidation sites excluding steroid dienone is 1. The third-order valence-electron chi connectivity index (χ3n) is 8.23. The van der Waals surface area contributed by atoms with Crippen molar-refractivity contribution in [2.45, 2.75) is 68.1 Å². The van der Waals surface area contributed by atoms with Gasteiger partial charge >= 0.3 is 0 Å². The number of hydrogen-bond acceptors (Lipinski definition) is 11. The molecular formula is C38H53F2N13O4S2. The Kier molecular flexibility index (Phi) is 20.3. The maximum absolute atomic E-state index is 15.1. The fourth-order valence-corrected chi connectivity index (χ4v) is 7.24. The highest BCUT2D eigenvalue weighted by atomic mass is 32.2. The number of rotatable bonds is 23. The minimum Gasteiger partial charge on any atom is -0.370 e. The smallest absolute Gasteiger partial charge is 0.274 e. The number of amides is 4. The van der Waals surface area contributed by atoms with Crippen LogP contribution in [0, 0.1) is 11.6 Å². The number of nitrogens with zero attached hydrogens (tertiary/aromatic N) is 3. The molecule has 21 heteroatoms. The predicted octanol–water partition coefficient (Wildman–Crippen LogP) is 3.47. The van der Waals surface area contributed by atoms with E-state index in [4.69, 9.17) is 34.4 Å². The Morgan fingerprint density at radius 1 is 0.695 bits per heavy atom. The van der Waals surface area contributed by atoms with E-state index >= 15 is 8.78 Å². The van der Waals surface area contributed by atoms with Crippen molar-refractivity contribution in [1.29, 1.82) is 0 Å². The summed E-state index contributed by atoms with van der Waals surface area (Å²) >= 11 is 2.42. The first kappa shape index (κ1) is 47.9. The van der Waals surface area contributed by atoms with Crippen LogP contribution < -0.4 is 55.7 Å². The molecule has 3 rings (SSSR count). The number of benzene rings is 2. The summed E-state index contributed by atoms with van der Waals surface area (Å²) in [6.45, 7) is 3.04.